The molecule has 2 aromatic rings. The molecular weight excluding hydrogens is 236 g/mol. The van der Waals surface area contributed by atoms with Crippen molar-refractivity contribution in [2.45, 2.75) is 27.4 Å². The number of nitrogens with zero attached hydrogens (tertiary/aromatic N) is 2. The molecule has 0 radical (unpaired) electrons. The summed E-state index contributed by atoms with van der Waals surface area (Å²) in [4.78, 5) is 22.3. The van der Waals surface area contributed by atoms with Crippen LogP contribution in [0.1, 0.15) is 28.5 Å². The summed E-state index contributed by atoms with van der Waals surface area (Å²) in [5, 5.41) is 9.20. The van der Waals surface area contributed by atoms with Crippen molar-refractivity contribution in [1.29, 1.82) is 0 Å². The van der Waals surface area contributed by atoms with Gasteiger partial charge in [-0.2, -0.15) is 0 Å². The number of aromatic nitrogens is 4. The number of rotatable bonds is 3. The lowest BCUT2D eigenvalue weighted by Crippen LogP contribution is -2.06. The van der Waals surface area contributed by atoms with Gasteiger partial charge < -0.3 is 4.74 Å². The highest BCUT2D eigenvalue weighted by molar-refractivity contribution is 5.75. The van der Waals surface area contributed by atoms with Crippen LogP contribution >= 0.6 is 0 Å². The minimum Gasteiger partial charge on any atom is -0.470 e. The molecule has 0 amide bonds. The van der Waals surface area contributed by atoms with Crippen LogP contribution in [0.2, 0.25) is 0 Å². The van der Waals surface area contributed by atoms with Gasteiger partial charge in [0.25, 0.3) is 5.56 Å². The van der Waals surface area contributed by atoms with Crippen LogP contribution in [0, 0.1) is 13.8 Å². The highest BCUT2D eigenvalue weighted by atomic mass is 16.5. The van der Waals surface area contributed by atoms with Gasteiger partial charge in [-0.25, -0.2) is 4.68 Å². The van der Waals surface area contributed by atoms with Gasteiger partial charge in [-0.15, -0.1) is 5.10 Å². The van der Waals surface area contributed by atoms with Crippen LogP contribution in [0.3, 0.4) is 0 Å². The minimum absolute atomic E-state index is 0.167. The molecule has 7 nitrogen and oxygen atoms in total. The van der Waals surface area contributed by atoms with Crippen molar-refractivity contribution in [3.63, 3.8) is 0 Å². The van der Waals surface area contributed by atoms with E-state index in [4.69, 9.17) is 4.74 Å². The molecule has 0 aliphatic heterocycles. The molecule has 0 unspecified atom stereocenters. The Bertz CT molecular complexity index is 635. The average Bonchev–Trinajstić information content (AvgIpc) is 2.83. The van der Waals surface area contributed by atoms with Crippen LogP contribution in [-0.2, 0) is 6.61 Å². The Kier molecular flexibility index (Phi) is 3.05. The van der Waals surface area contributed by atoms with Crippen LogP contribution in [0.4, 0.5) is 0 Å². The van der Waals surface area contributed by atoms with Gasteiger partial charge in [0, 0.05) is 24.2 Å². The normalized spacial score (nSPS) is 10.6. The summed E-state index contributed by atoms with van der Waals surface area (Å²) in [6.45, 7) is 5.12. The van der Waals surface area contributed by atoms with Gasteiger partial charge in [-0.3, -0.25) is 19.8 Å². The second-order valence-corrected chi connectivity index (χ2v) is 4.05. The molecule has 0 aliphatic carbocycles. The van der Waals surface area contributed by atoms with Crippen molar-refractivity contribution < 1.29 is 9.53 Å². The lowest BCUT2D eigenvalue weighted by Gasteiger charge is -2.02. The first kappa shape index (κ1) is 12.2. The topological polar surface area (TPSA) is 92.8 Å². The predicted molar refractivity (Wildman–Crippen MR) is 63.7 cm³/mol. The molecule has 0 saturated carbocycles. The Hall–Kier alpha value is -2.31. The van der Waals surface area contributed by atoms with Crippen LogP contribution in [0.25, 0.3) is 0 Å². The summed E-state index contributed by atoms with van der Waals surface area (Å²) >= 11 is 0. The van der Waals surface area contributed by atoms with Gasteiger partial charge in [-0.1, -0.05) is 0 Å². The van der Waals surface area contributed by atoms with Crippen LogP contribution < -0.4 is 10.3 Å². The first-order chi connectivity index (χ1) is 8.49. The molecule has 0 bridgehead atoms. The van der Waals surface area contributed by atoms with Gasteiger partial charge in [0.2, 0.25) is 11.8 Å². The fraction of sp³-hybridized carbons (Fsp3) is 0.364. The molecule has 96 valence electrons. The van der Waals surface area contributed by atoms with Crippen LogP contribution in [0.15, 0.2) is 11.0 Å². The Morgan fingerprint density at radius 3 is 2.67 bits per heavy atom. The Morgan fingerprint density at radius 2 is 2.17 bits per heavy atom. The maximum absolute atomic E-state index is 11.2. The second-order valence-electron chi connectivity index (χ2n) is 4.05. The van der Waals surface area contributed by atoms with E-state index in [0.717, 1.165) is 5.56 Å². The van der Waals surface area contributed by atoms with E-state index >= 15 is 0 Å². The second kappa shape index (κ2) is 4.52. The summed E-state index contributed by atoms with van der Waals surface area (Å²) in [7, 11) is 0. The fourth-order valence-corrected chi connectivity index (χ4v) is 1.49. The van der Waals surface area contributed by atoms with Gasteiger partial charge in [0.05, 0.1) is 5.69 Å². The zero-order valence-corrected chi connectivity index (χ0v) is 10.4. The van der Waals surface area contributed by atoms with Crippen LogP contribution in [0.5, 0.6) is 5.88 Å². The fourth-order valence-electron chi connectivity index (χ4n) is 1.49. The molecule has 0 spiro atoms. The van der Waals surface area contributed by atoms with Crippen molar-refractivity contribution in [2.24, 2.45) is 0 Å². The largest absolute Gasteiger partial charge is 0.470 e. The van der Waals surface area contributed by atoms with Crippen LogP contribution in [-0.4, -0.2) is 25.9 Å². The number of ether oxygens (including phenoxy) is 1. The first-order valence-corrected chi connectivity index (χ1v) is 5.45. The molecule has 0 aromatic carbocycles. The molecule has 2 aromatic heterocycles. The van der Waals surface area contributed by atoms with Gasteiger partial charge in [-0.05, 0) is 13.8 Å². The van der Waals surface area contributed by atoms with E-state index < -0.39 is 0 Å². The number of H-pyrrole nitrogens is 2. The van der Waals surface area contributed by atoms with Gasteiger partial charge in [0.1, 0.15) is 6.61 Å². The predicted octanol–water partition coefficient (Wildman–Crippen LogP) is 0.755. The average molecular weight is 250 g/mol. The first-order valence-electron chi connectivity index (χ1n) is 5.45. The lowest BCUT2D eigenvalue weighted by atomic mass is 10.3. The molecule has 0 fully saturated rings. The van der Waals surface area contributed by atoms with E-state index in [1.165, 1.54) is 11.6 Å². The molecule has 7 heteroatoms. The molecule has 0 aliphatic rings. The van der Waals surface area contributed by atoms with E-state index in [2.05, 4.69) is 15.3 Å². The van der Waals surface area contributed by atoms with Crippen molar-refractivity contribution in [3.8, 4) is 5.88 Å². The summed E-state index contributed by atoms with van der Waals surface area (Å²) in [6, 6.07) is 0. The number of hydrogen-bond acceptors (Lipinski definition) is 4. The van der Waals surface area contributed by atoms with Gasteiger partial charge in [0.15, 0.2) is 0 Å². The number of carbonyl (C=O) groups is 1. The highest BCUT2D eigenvalue weighted by Gasteiger charge is 2.11. The zero-order valence-electron chi connectivity index (χ0n) is 10.4. The standard InChI is InChI=1S/C11H14N4O3/c1-6-4-15(8(3)16)14-11(6)18-5-9-7(2)10(17)13-12-9/h4H,5H2,1-3H3,(H2,12,13,17). The third-order valence-corrected chi connectivity index (χ3v) is 2.65. The molecule has 2 rings (SSSR count). The van der Waals surface area contributed by atoms with E-state index in [9.17, 15) is 9.59 Å². The minimum atomic E-state index is -0.181. The third-order valence-electron chi connectivity index (χ3n) is 2.65. The Morgan fingerprint density at radius 1 is 1.44 bits per heavy atom. The van der Waals surface area contributed by atoms with Gasteiger partial charge >= 0.3 is 0 Å². The third kappa shape index (κ3) is 2.20. The van der Waals surface area contributed by atoms with Crippen molar-refractivity contribution >= 4 is 5.91 Å². The van der Waals surface area contributed by atoms with E-state index in [1.807, 2.05) is 0 Å². The Balaban J connectivity index is 2.13. The number of hydrogen-bond donors (Lipinski definition) is 2. The molecule has 2 N–H and O–H groups in total. The summed E-state index contributed by atoms with van der Waals surface area (Å²) in [5.74, 6) is 0.200. The molecule has 2 heterocycles. The van der Waals surface area contributed by atoms with Crippen molar-refractivity contribution in [1.82, 2.24) is 20.0 Å². The van der Waals surface area contributed by atoms with E-state index in [-0.39, 0.29) is 18.1 Å². The summed E-state index contributed by atoms with van der Waals surface area (Å²) in [6.07, 6.45) is 1.60. The Labute approximate surface area is 103 Å². The maximum Gasteiger partial charge on any atom is 0.267 e. The quantitative estimate of drug-likeness (QED) is 0.840. The number of aromatic amines is 2. The number of carbonyl (C=O) groups excluding carboxylic acids is 1. The maximum atomic E-state index is 11.2. The summed E-state index contributed by atoms with van der Waals surface area (Å²) in [5.41, 5.74) is 1.84. The van der Waals surface area contributed by atoms with Crippen molar-refractivity contribution in [2.75, 3.05) is 0 Å². The molecule has 18 heavy (non-hydrogen) atoms. The number of aryl methyl sites for hydroxylation is 1. The lowest BCUT2D eigenvalue weighted by molar-refractivity contribution is 0.0918. The molecule has 0 saturated heterocycles. The van der Waals surface area contributed by atoms with E-state index in [0.29, 0.717) is 17.1 Å². The SMILES string of the molecule is CC(=O)n1cc(C)c(OCc2[nH][nH]c(=O)c2C)n1. The smallest absolute Gasteiger partial charge is 0.267 e. The van der Waals surface area contributed by atoms with E-state index in [1.54, 1.807) is 20.0 Å². The monoisotopic (exact) mass is 250 g/mol. The molecular formula is C11H14N4O3. The van der Waals surface area contributed by atoms with Crippen molar-refractivity contribution in [3.05, 3.63) is 33.4 Å². The highest BCUT2D eigenvalue weighted by Crippen LogP contribution is 2.15. The molecule has 0 atom stereocenters. The summed E-state index contributed by atoms with van der Waals surface area (Å²) < 4.78 is 6.69. The number of nitrogens with one attached hydrogen (secondary N) is 2. The zero-order chi connectivity index (χ0) is 13.3.